The predicted octanol–water partition coefficient (Wildman–Crippen LogP) is 1.37. The number of aliphatic hydroxyl groups excluding tert-OH is 1. The van der Waals surface area contributed by atoms with E-state index in [1.807, 2.05) is 24.3 Å². The molecule has 2 atom stereocenters. The van der Waals surface area contributed by atoms with E-state index in [4.69, 9.17) is 5.11 Å². The maximum atomic E-state index is 12.4. The van der Waals surface area contributed by atoms with Gasteiger partial charge in [0.25, 0.3) is 0 Å². The van der Waals surface area contributed by atoms with Crippen LogP contribution in [-0.2, 0) is 11.2 Å². The number of nitrogens with zero attached hydrogens (tertiary/aromatic N) is 1. The molecule has 0 aromatic heterocycles. The van der Waals surface area contributed by atoms with Gasteiger partial charge in [0.15, 0.2) is 6.04 Å². The number of fused-ring (bicyclic) bond motifs is 1. The molecule has 1 aromatic rings. The number of anilines is 1. The van der Waals surface area contributed by atoms with Crippen LogP contribution in [0.15, 0.2) is 24.3 Å². The molecule has 0 aliphatic carbocycles. The zero-order valence-electron chi connectivity index (χ0n) is 12.0. The van der Waals surface area contributed by atoms with Crippen LogP contribution >= 0.6 is 0 Å². The van der Waals surface area contributed by atoms with Gasteiger partial charge < -0.3 is 15.5 Å². The lowest BCUT2D eigenvalue weighted by Crippen LogP contribution is -2.52. The van der Waals surface area contributed by atoms with Gasteiger partial charge in [0.2, 0.25) is 0 Å². The van der Waals surface area contributed by atoms with Crippen molar-refractivity contribution in [1.29, 1.82) is 0 Å². The molecule has 0 bridgehead atoms. The summed E-state index contributed by atoms with van der Waals surface area (Å²) in [6, 6.07) is 5.82. The molecule has 6 nitrogen and oxygen atoms in total. The highest BCUT2D eigenvalue weighted by Gasteiger charge is 2.28. The lowest BCUT2D eigenvalue weighted by atomic mass is 10.1. The van der Waals surface area contributed by atoms with Crippen LogP contribution in [0.1, 0.15) is 25.3 Å². The van der Waals surface area contributed by atoms with Crippen molar-refractivity contribution in [2.45, 2.75) is 38.3 Å². The lowest BCUT2D eigenvalue weighted by molar-refractivity contribution is -0.141. The van der Waals surface area contributed by atoms with Crippen molar-refractivity contribution in [2.75, 3.05) is 11.4 Å². The normalized spacial score (nSPS) is 17.3. The van der Waals surface area contributed by atoms with Gasteiger partial charge in [0.05, 0.1) is 6.10 Å². The lowest BCUT2D eigenvalue weighted by Gasteiger charge is -2.26. The molecular weight excluding hydrogens is 272 g/mol. The Hall–Kier alpha value is -2.08. The second-order valence-electron chi connectivity index (χ2n) is 5.24. The van der Waals surface area contributed by atoms with Crippen molar-refractivity contribution in [1.82, 2.24) is 5.32 Å². The number of aliphatic carboxylic acids is 1. The SMILES string of the molecule is C[C@@H](O)[C@H](NC(=O)N1CCCCc2ccccc21)C(=O)O. The average molecular weight is 292 g/mol. The molecule has 0 radical (unpaired) electrons. The van der Waals surface area contributed by atoms with E-state index in [1.54, 1.807) is 4.90 Å². The fraction of sp³-hybridized carbons (Fsp3) is 0.467. The van der Waals surface area contributed by atoms with Crippen molar-refractivity contribution in [3.05, 3.63) is 29.8 Å². The quantitative estimate of drug-likeness (QED) is 0.785. The van der Waals surface area contributed by atoms with E-state index < -0.39 is 24.1 Å². The monoisotopic (exact) mass is 292 g/mol. The van der Waals surface area contributed by atoms with E-state index in [0.29, 0.717) is 6.54 Å². The zero-order chi connectivity index (χ0) is 15.4. The third-order valence-electron chi connectivity index (χ3n) is 3.63. The summed E-state index contributed by atoms with van der Waals surface area (Å²) in [5.41, 5.74) is 1.89. The van der Waals surface area contributed by atoms with Gasteiger partial charge in [-0.1, -0.05) is 18.2 Å². The number of rotatable bonds is 3. The van der Waals surface area contributed by atoms with Crippen LogP contribution in [-0.4, -0.2) is 40.9 Å². The molecule has 114 valence electrons. The number of carboxylic acids is 1. The molecule has 0 unspecified atom stereocenters. The summed E-state index contributed by atoms with van der Waals surface area (Å²) < 4.78 is 0. The van der Waals surface area contributed by atoms with Crippen molar-refractivity contribution in [3.8, 4) is 0 Å². The maximum Gasteiger partial charge on any atom is 0.328 e. The smallest absolute Gasteiger partial charge is 0.328 e. The summed E-state index contributed by atoms with van der Waals surface area (Å²) in [6.45, 7) is 1.88. The maximum absolute atomic E-state index is 12.4. The number of nitrogens with one attached hydrogen (secondary N) is 1. The molecule has 6 heteroatoms. The average Bonchev–Trinajstić information content (AvgIpc) is 2.66. The summed E-state index contributed by atoms with van der Waals surface area (Å²) in [4.78, 5) is 25.0. The first kappa shape index (κ1) is 15.3. The minimum absolute atomic E-state index is 0.488. The molecule has 21 heavy (non-hydrogen) atoms. The minimum Gasteiger partial charge on any atom is -0.480 e. The Morgan fingerprint density at radius 1 is 1.29 bits per heavy atom. The molecule has 2 amide bonds. The van der Waals surface area contributed by atoms with Crippen LogP contribution in [0.2, 0.25) is 0 Å². The number of amides is 2. The number of aliphatic hydroxyl groups is 1. The Kier molecular flexibility index (Phi) is 4.80. The second kappa shape index (κ2) is 6.58. The molecule has 1 aromatic carbocycles. The molecule has 1 aliphatic rings. The highest BCUT2D eigenvalue weighted by atomic mass is 16.4. The van der Waals surface area contributed by atoms with Gasteiger partial charge >= 0.3 is 12.0 Å². The van der Waals surface area contributed by atoms with Crippen molar-refractivity contribution in [3.63, 3.8) is 0 Å². The van der Waals surface area contributed by atoms with Gasteiger partial charge in [-0.2, -0.15) is 0 Å². The van der Waals surface area contributed by atoms with Gasteiger partial charge in [0, 0.05) is 12.2 Å². The van der Waals surface area contributed by atoms with E-state index >= 15 is 0 Å². The van der Waals surface area contributed by atoms with Gasteiger partial charge in [0.1, 0.15) is 0 Å². The Bertz CT molecular complexity index is 530. The van der Waals surface area contributed by atoms with Crippen LogP contribution in [0.5, 0.6) is 0 Å². The van der Waals surface area contributed by atoms with E-state index in [-0.39, 0.29) is 0 Å². The number of hydrogen-bond acceptors (Lipinski definition) is 3. The number of urea groups is 1. The highest BCUT2D eigenvalue weighted by Crippen LogP contribution is 2.26. The van der Waals surface area contributed by atoms with Crippen LogP contribution in [0.4, 0.5) is 10.5 Å². The van der Waals surface area contributed by atoms with Crippen molar-refractivity contribution in [2.24, 2.45) is 0 Å². The molecular formula is C15H20N2O4. The molecule has 0 saturated heterocycles. The number of para-hydroxylation sites is 1. The molecule has 3 N–H and O–H groups in total. The largest absolute Gasteiger partial charge is 0.480 e. The van der Waals surface area contributed by atoms with Gasteiger partial charge in [-0.25, -0.2) is 9.59 Å². The van der Waals surface area contributed by atoms with Gasteiger partial charge in [-0.15, -0.1) is 0 Å². The number of benzene rings is 1. The second-order valence-corrected chi connectivity index (χ2v) is 5.24. The summed E-state index contributed by atoms with van der Waals surface area (Å²) >= 11 is 0. The Morgan fingerprint density at radius 3 is 2.67 bits per heavy atom. The fourth-order valence-electron chi connectivity index (χ4n) is 2.50. The number of hydrogen-bond donors (Lipinski definition) is 3. The first-order chi connectivity index (χ1) is 10.0. The molecule has 2 rings (SSSR count). The van der Waals surface area contributed by atoms with Gasteiger partial charge in [-0.05, 0) is 37.8 Å². The standard InChI is InChI=1S/C15H20N2O4/c1-10(18)13(14(19)20)16-15(21)17-9-5-4-7-11-6-2-3-8-12(11)17/h2-3,6,8,10,13,18H,4-5,7,9H2,1H3,(H,16,21)(H,19,20)/t10-,13+/m1/s1. The third-order valence-corrected chi connectivity index (χ3v) is 3.63. The molecule has 1 heterocycles. The first-order valence-corrected chi connectivity index (χ1v) is 7.07. The first-order valence-electron chi connectivity index (χ1n) is 7.07. The Balaban J connectivity index is 2.20. The molecule has 0 saturated carbocycles. The topological polar surface area (TPSA) is 89.9 Å². The number of carbonyl (C=O) groups is 2. The highest BCUT2D eigenvalue weighted by molar-refractivity contribution is 5.95. The number of aryl methyl sites for hydroxylation is 1. The third kappa shape index (κ3) is 3.52. The van der Waals surface area contributed by atoms with Crippen LogP contribution in [0.25, 0.3) is 0 Å². The van der Waals surface area contributed by atoms with Crippen LogP contribution in [0, 0.1) is 0 Å². The van der Waals surface area contributed by atoms with E-state index in [1.165, 1.54) is 6.92 Å². The molecule has 0 fully saturated rings. The number of carboxylic acid groups (broad SMARTS) is 1. The predicted molar refractivity (Wildman–Crippen MR) is 78.4 cm³/mol. The Labute approximate surface area is 123 Å². The summed E-state index contributed by atoms with van der Waals surface area (Å²) in [5, 5.41) is 20.9. The summed E-state index contributed by atoms with van der Waals surface area (Å²) in [6.07, 6.45) is 1.58. The fourth-order valence-corrected chi connectivity index (χ4v) is 2.50. The van der Waals surface area contributed by atoms with Crippen LogP contribution < -0.4 is 10.2 Å². The van der Waals surface area contributed by atoms with Gasteiger partial charge in [-0.3, -0.25) is 4.90 Å². The van der Waals surface area contributed by atoms with Crippen molar-refractivity contribution >= 4 is 17.7 Å². The van der Waals surface area contributed by atoms with E-state index in [9.17, 15) is 14.7 Å². The van der Waals surface area contributed by atoms with Crippen molar-refractivity contribution < 1.29 is 19.8 Å². The molecule has 0 spiro atoms. The zero-order valence-corrected chi connectivity index (χ0v) is 12.0. The summed E-state index contributed by atoms with van der Waals surface area (Å²) in [5.74, 6) is -1.25. The Morgan fingerprint density at radius 2 is 2.00 bits per heavy atom. The van der Waals surface area contributed by atoms with Crippen LogP contribution in [0.3, 0.4) is 0 Å². The summed E-state index contributed by atoms with van der Waals surface area (Å²) in [7, 11) is 0. The molecule has 1 aliphatic heterocycles. The van der Waals surface area contributed by atoms with E-state index in [2.05, 4.69) is 5.32 Å². The minimum atomic E-state index is -1.31. The number of carbonyl (C=O) groups excluding carboxylic acids is 1. The van der Waals surface area contributed by atoms with E-state index in [0.717, 1.165) is 30.5 Å².